The average molecular weight is 310 g/mol. The van der Waals surface area contributed by atoms with Crippen molar-refractivity contribution in [1.82, 2.24) is 4.90 Å². The molecule has 1 aromatic carbocycles. The third-order valence-corrected chi connectivity index (χ3v) is 4.79. The quantitative estimate of drug-likeness (QED) is 0.889. The van der Waals surface area contributed by atoms with Crippen LogP contribution in [0.5, 0.6) is 0 Å². The van der Waals surface area contributed by atoms with Gasteiger partial charge in [-0.05, 0) is 49.9 Å². The Bertz CT molecular complexity index is 514. The van der Waals surface area contributed by atoms with E-state index in [0.717, 1.165) is 54.9 Å². The van der Waals surface area contributed by atoms with E-state index >= 15 is 0 Å². The second kappa shape index (κ2) is 6.80. The summed E-state index contributed by atoms with van der Waals surface area (Å²) in [5.41, 5.74) is 1.65. The van der Waals surface area contributed by atoms with E-state index in [-0.39, 0.29) is 0 Å². The first kappa shape index (κ1) is 16.3. The molecule has 0 aromatic heterocycles. The van der Waals surface area contributed by atoms with Crippen molar-refractivity contribution in [2.45, 2.75) is 46.1 Å². The summed E-state index contributed by atoms with van der Waals surface area (Å²) in [4.78, 5) is 14.0. The van der Waals surface area contributed by atoms with Crippen molar-refractivity contribution in [1.29, 1.82) is 0 Å². The lowest BCUT2D eigenvalue weighted by Crippen LogP contribution is -2.47. The summed E-state index contributed by atoms with van der Waals surface area (Å²) >= 11 is 6.30. The van der Waals surface area contributed by atoms with Gasteiger partial charge in [0.15, 0.2) is 0 Å². The molecule has 1 N–H and O–H groups in total. The molecule has 1 fully saturated rings. The maximum Gasteiger partial charge on any atom is 0.310 e. The summed E-state index contributed by atoms with van der Waals surface area (Å²) < 4.78 is 0. The van der Waals surface area contributed by atoms with Crippen LogP contribution in [0.25, 0.3) is 0 Å². The maximum absolute atomic E-state index is 11.7. The van der Waals surface area contributed by atoms with Crippen molar-refractivity contribution in [3.05, 3.63) is 34.3 Å². The Balaban J connectivity index is 2.12. The molecule has 2 rings (SSSR count). The van der Waals surface area contributed by atoms with E-state index in [4.69, 9.17) is 11.6 Å². The van der Waals surface area contributed by atoms with Gasteiger partial charge in [0.25, 0.3) is 0 Å². The number of carboxylic acid groups (broad SMARTS) is 1. The van der Waals surface area contributed by atoms with Crippen LogP contribution in [-0.4, -0.2) is 29.1 Å². The number of benzene rings is 1. The molecule has 0 amide bonds. The maximum atomic E-state index is 11.7. The lowest BCUT2D eigenvalue weighted by Gasteiger charge is -2.40. The van der Waals surface area contributed by atoms with Crippen molar-refractivity contribution >= 4 is 17.6 Å². The molecule has 0 aliphatic carbocycles. The first-order valence-electron chi connectivity index (χ1n) is 7.67. The number of piperidine rings is 1. The van der Waals surface area contributed by atoms with Crippen LogP contribution in [0, 0.1) is 12.3 Å². The topological polar surface area (TPSA) is 40.5 Å². The van der Waals surface area contributed by atoms with Crippen LogP contribution in [0.2, 0.25) is 5.02 Å². The van der Waals surface area contributed by atoms with Crippen molar-refractivity contribution in [2.75, 3.05) is 13.1 Å². The third kappa shape index (κ3) is 3.78. The molecular weight excluding hydrogens is 286 g/mol. The number of carbonyl (C=O) groups is 1. The number of hydrogen-bond donors (Lipinski definition) is 1. The predicted octanol–water partition coefficient (Wildman–Crippen LogP) is 4.12. The minimum absolute atomic E-state index is 0.579. The second-order valence-corrected chi connectivity index (χ2v) is 6.65. The molecule has 0 saturated carbocycles. The molecule has 1 heterocycles. The van der Waals surface area contributed by atoms with Gasteiger partial charge < -0.3 is 5.11 Å². The molecule has 4 heteroatoms. The standard InChI is InChI=1S/C17H24ClNO2/c1-3-7-17(16(20)21)8-4-9-19(12-17)11-14-6-5-13(2)10-15(14)18/h5-6,10H,3-4,7-9,11-12H2,1-2H3,(H,20,21). The molecule has 1 aliphatic heterocycles. The first-order chi connectivity index (χ1) is 9.97. The highest BCUT2D eigenvalue weighted by molar-refractivity contribution is 6.31. The van der Waals surface area contributed by atoms with Gasteiger partial charge >= 0.3 is 5.97 Å². The van der Waals surface area contributed by atoms with Crippen LogP contribution in [-0.2, 0) is 11.3 Å². The van der Waals surface area contributed by atoms with E-state index in [2.05, 4.69) is 24.0 Å². The minimum Gasteiger partial charge on any atom is -0.481 e. The number of aliphatic carboxylic acids is 1. The van der Waals surface area contributed by atoms with Crippen LogP contribution >= 0.6 is 11.6 Å². The van der Waals surface area contributed by atoms with E-state index in [1.54, 1.807) is 0 Å². The Morgan fingerprint density at radius 3 is 2.86 bits per heavy atom. The number of halogens is 1. The third-order valence-electron chi connectivity index (χ3n) is 4.44. The van der Waals surface area contributed by atoms with Crippen LogP contribution in [0.3, 0.4) is 0 Å². The average Bonchev–Trinajstić information content (AvgIpc) is 2.42. The van der Waals surface area contributed by atoms with Gasteiger partial charge in [0.2, 0.25) is 0 Å². The van der Waals surface area contributed by atoms with Crippen molar-refractivity contribution < 1.29 is 9.90 Å². The molecule has 21 heavy (non-hydrogen) atoms. The Morgan fingerprint density at radius 2 is 2.24 bits per heavy atom. The van der Waals surface area contributed by atoms with Crippen LogP contribution in [0.4, 0.5) is 0 Å². The first-order valence-corrected chi connectivity index (χ1v) is 8.05. The molecule has 116 valence electrons. The van der Waals surface area contributed by atoms with Crippen molar-refractivity contribution in [3.8, 4) is 0 Å². The highest BCUT2D eigenvalue weighted by Crippen LogP contribution is 2.36. The Kier molecular flexibility index (Phi) is 5.28. The summed E-state index contributed by atoms with van der Waals surface area (Å²) in [7, 11) is 0. The molecule has 3 nitrogen and oxygen atoms in total. The summed E-state index contributed by atoms with van der Waals surface area (Å²) in [5.74, 6) is -0.649. The molecule has 0 bridgehead atoms. The molecule has 0 radical (unpaired) electrons. The smallest absolute Gasteiger partial charge is 0.310 e. The number of carboxylic acids is 1. The normalized spacial score (nSPS) is 23.2. The predicted molar refractivity (Wildman–Crippen MR) is 85.7 cm³/mol. The molecule has 1 aromatic rings. The number of likely N-dealkylation sites (tertiary alicyclic amines) is 1. The lowest BCUT2D eigenvalue weighted by molar-refractivity contribution is -0.153. The second-order valence-electron chi connectivity index (χ2n) is 6.24. The fourth-order valence-electron chi connectivity index (χ4n) is 3.35. The van der Waals surface area contributed by atoms with Gasteiger partial charge in [-0.3, -0.25) is 9.69 Å². The number of hydrogen-bond acceptors (Lipinski definition) is 2. The summed E-state index contributed by atoms with van der Waals surface area (Å²) in [5, 5.41) is 10.4. The van der Waals surface area contributed by atoms with Crippen molar-refractivity contribution in [2.24, 2.45) is 5.41 Å². The minimum atomic E-state index is -0.649. The summed E-state index contributed by atoms with van der Waals surface area (Å²) in [6, 6.07) is 6.08. The molecule has 0 spiro atoms. The number of aryl methyl sites for hydroxylation is 1. The van der Waals surface area contributed by atoms with Crippen molar-refractivity contribution in [3.63, 3.8) is 0 Å². The SMILES string of the molecule is CCCC1(C(=O)O)CCCN(Cc2ccc(C)cc2Cl)C1. The van der Waals surface area contributed by atoms with Gasteiger partial charge in [-0.15, -0.1) is 0 Å². The van der Waals surface area contributed by atoms with Gasteiger partial charge in [-0.25, -0.2) is 0 Å². The lowest BCUT2D eigenvalue weighted by atomic mass is 9.76. The zero-order chi connectivity index (χ0) is 15.5. The molecule has 1 unspecified atom stereocenters. The van der Waals surface area contributed by atoms with E-state index < -0.39 is 11.4 Å². The Labute approximate surface area is 131 Å². The van der Waals surface area contributed by atoms with E-state index in [1.165, 1.54) is 0 Å². The van der Waals surface area contributed by atoms with E-state index in [1.807, 2.05) is 13.0 Å². The van der Waals surface area contributed by atoms with Gasteiger partial charge in [0, 0.05) is 18.1 Å². The summed E-state index contributed by atoms with van der Waals surface area (Å²) in [6.45, 7) is 6.38. The Hall–Kier alpha value is -1.06. The monoisotopic (exact) mass is 309 g/mol. The zero-order valence-corrected chi connectivity index (χ0v) is 13.6. The zero-order valence-electron chi connectivity index (χ0n) is 12.9. The Morgan fingerprint density at radius 1 is 1.48 bits per heavy atom. The molecule has 1 aliphatic rings. The largest absolute Gasteiger partial charge is 0.481 e. The summed E-state index contributed by atoms with van der Waals surface area (Å²) in [6.07, 6.45) is 3.38. The van der Waals surface area contributed by atoms with E-state index in [0.29, 0.717) is 6.54 Å². The van der Waals surface area contributed by atoms with Crippen LogP contribution in [0.1, 0.15) is 43.7 Å². The highest BCUT2D eigenvalue weighted by Gasteiger charge is 2.41. The molecule has 1 saturated heterocycles. The molecule has 1 atom stereocenters. The van der Waals surface area contributed by atoms with Gasteiger partial charge in [-0.2, -0.15) is 0 Å². The number of rotatable bonds is 5. The van der Waals surface area contributed by atoms with Gasteiger partial charge in [-0.1, -0.05) is 37.1 Å². The van der Waals surface area contributed by atoms with E-state index in [9.17, 15) is 9.90 Å². The van der Waals surface area contributed by atoms with Gasteiger partial charge in [0.1, 0.15) is 0 Å². The fraction of sp³-hybridized carbons (Fsp3) is 0.588. The van der Waals surface area contributed by atoms with Crippen LogP contribution < -0.4 is 0 Å². The van der Waals surface area contributed by atoms with Gasteiger partial charge in [0.05, 0.1) is 5.41 Å². The molecular formula is C17H24ClNO2. The van der Waals surface area contributed by atoms with Crippen LogP contribution in [0.15, 0.2) is 18.2 Å². The highest BCUT2D eigenvalue weighted by atomic mass is 35.5. The fourth-order valence-corrected chi connectivity index (χ4v) is 3.64. The number of nitrogens with zero attached hydrogens (tertiary/aromatic N) is 1.